The third kappa shape index (κ3) is 2.69. The van der Waals surface area contributed by atoms with Gasteiger partial charge >= 0.3 is 5.97 Å². The van der Waals surface area contributed by atoms with E-state index in [0.717, 1.165) is 0 Å². The second-order valence-corrected chi connectivity index (χ2v) is 4.11. The van der Waals surface area contributed by atoms with Crippen molar-refractivity contribution in [3.05, 3.63) is 34.9 Å². The number of Topliss-reactive ketones (excluding diaryl/α,β-unsaturated/α-hetero) is 1. The number of aliphatic imine (C=N–C) groups is 1. The first-order chi connectivity index (χ1) is 9.01. The molecule has 98 valence electrons. The summed E-state index contributed by atoms with van der Waals surface area (Å²) in [5.74, 6) is -1.31. The number of benzene rings is 1. The van der Waals surface area contributed by atoms with Crippen LogP contribution in [0.2, 0.25) is 0 Å². The van der Waals surface area contributed by atoms with Crippen molar-refractivity contribution in [2.24, 2.45) is 10.7 Å². The largest absolute Gasteiger partial charge is 0.478 e. The van der Waals surface area contributed by atoms with E-state index < -0.39 is 18.4 Å². The summed E-state index contributed by atoms with van der Waals surface area (Å²) in [6.45, 7) is -0.589. The van der Waals surface area contributed by atoms with Crippen molar-refractivity contribution >= 4 is 29.4 Å². The summed E-state index contributed by atoms with van der Waals surface area (Å²) in [6.07, 6.45) is 1.53. The lowest BCUT2D eigenvalue weighted by atomic mass is 10.0. The molecular weight excluding hydrogens is 248 g/mol. The number of ketones is 1. The first kappa shape index (κ1) is 13.0. The van der Waals surface area contributed by atoms with Gasteiger partial charge in [0.2, 0.25) is 0 Å². The number of hydrogen-bond donors (Lipinski definition) is 3. The minimum atomic E-state index is -1.05. The molecule has 1 aliphatic heterocycles. The lowest BCUT2D eigenvalue weighted by Crippen LogP contribution is -2.14. The number of amidine groups is 1. The first-order valence-corrected chi connectivity index (χ1v) is 5.56. The van der Waals surface area contributed by atoms with Crippen molar-refractivity contribution in [1.82, 2.24) is 0 Å². The number of fused-ring (bicyclic) bond motifs is 1. The number of aliphatic carboxylic acids is 1. The number of rotatable bonds is 3. The lowest BCUT2D eigenvalue weighted by Gasteiger charge is -2.03. The van der Waals surface area contributed by atoms with E-state index in [2.05, 4.69) is 4.99 Å². The quantitative estimate of drug-likeness (QED) is 0.693. The molecule has 6 nitrogen and oxygen atoms in total. The van der Waals surface area contributed by atoms with Gasteiger partial charge in [-0.05, 0) is 12.1 Å². The predicted molar refractivity (Wildman–Crippen MR) is 69.4 cm³/mol. The standard InChI is InChI=1S/C13H12N2O4/c14-12-5-9(13(18)19)3-7-1-2-8(11(17)6-16)4-10(7)15-12/h1-4,16H,5-6H2,(H2,14,15)(H,18,19). The Morgan fingerprint density at radius 2 is 2.11 bits per heavy atom. The predicted octanol–water partition coefficient (Wildman–Crippen LogP) is 0.722. The number of nitrogens with zero attached hydrogens (tertiary/aromatic N) is 1. The Balaban J connectivity index is 2.54. The summed E-state index contributed by atoms with van der Waals surface area (Å²) in [4.78, 5) is 26.5. The van der Waals surface area contributed by atoms with E-state index in [0.29, 0.717) is 16.8 Å². The fourth-order valence-corrected chi connectivity index (χ4v) is 1.79. The van der Waals surface area contributed by atoms with Crippen LogP contribution in [0.4, 0.5) is 5.69 Å². The van der Waals surface area contributed by atoms with Crippen LogP contribution in [-0.4, -0.2) is 34.4 Å². The molecule has 0 bridgehead atoms. The second-order valence-electron chi connectivity index (χ2n) is 4.11. The number of aliphatic hydroxyl groups excluding tert-OH is 1. The van der Waals surface area contributed by atoms with Gasteiger partial charge in [0.1, 0.15) is 12.4 Å². The Morgan fingerprint density at radius 3 is 2.74 bits per heavy atom. The van der Waals surface area contributed by atoms with Gasteiger partial charge in [0.05, 0.1) is 5.69 Å². The molecular formula is C13H12N2O4. The summed E-state index contributed by atoms with van der Waals surface area (Å²) in [6, 6.07) is 4.59. The zero-order chi connectivity index (χ0) is 14.0. The van der Waals surface area contributed by atoms with Crippen molar-refractivity contribution in [3.8, 4) is 0 Å². The smallest absolute Gasteiger partial charge is 0.332 e. The Kier molecular flexibility index (Phi) is 3.43. The molecule has 0 amide bonds. The molecule has 2 rings (SSSR count). The number of carbonyl (C=O) groups is 2. The summed E-state index contributed by atoms with van der Waals surface area (Å²) >= 11 is 0. The van der Waals surface area contributed by atoms with Crippen LogP contribution in [-0.2, 0) is 4.79 Å². The monoisotopic (exact) mass is 260 g/mol. The Morgan fingerprint density at radius 1 is 1.37 bits per heavy atom. The zero-order valence-corrected chi connectivity index (χ0v) is 9.96. The molecule has 0 saturated carbocycles. The minimum absolute atomic E-state index is 0.0489. The van der Waals surface area contributed by atoms with Crippen molar-refractivity contribution in [2.45, 2.75) is 6.42 Å². The Labute approximate surface area is 108 Å². The van der Waals surface area contributed by atoms with Crippen LogP contribution in [0.15, 0.2) is 28.8 Å². The van der Waals surface area contributed by atoms with Crippen LogP contribution >= 0.6 is 0 Å². The van der Waals surface area contributed by atoms with Gasteiger partial charge in [-0.2, -0.15) is 0 Å². The number of carboxylic acids is 1. The summed E-state index contributed by atoms with van der Waals surface area (Å²) in [7, 11) is 0. The van der Waals surface area contributed by atoms with E-state index in [9.17, 15) is 9.59 Å². The van der Waals surface area contributed by atoms with Gasteiger partial charge in [-0.15, -0.1) is 0 Å². The molecule has 0 spiro atoms. The van der Waals surface area contributed by atoms with Crippen LogP contribution in [0.25, 0.3) is 6.08 Å². The van der Waals surface area contributed by atoms with Gasteiger partial charge in [0, 0.05) is 23.1 Å². The highest BCUT2D eigenvalue weighted by molar-refractivity contribution is 6.03. The molecule has 0 saturated heterocycles. The number of carbonyl (C=O) groups excluding carboxylic acids is 1. The number of carboxylic acid groups (broad SMARTS) is 1. The molecule has 6 heteroatoms. The number of aliphatic hydroxyl groups is 1. The maximum absolute atomic E-state index is 11.4. The molecule has 0 fully saturated rings. The molecule has 0 unspecified atom stereocenters. The third-order valence-electron chi connectivity index (χ3n) is 2.74. The van der Waals surface area contributed by atoms with Crippen LogP contribution in [0.1, 0.15) is 22.3 Å². The van der Waals surface area contributed by atoms with Crippen molar-refractivity contribution < 1.29 is 19.8 Å². The Hall–Kier alpha value is -2.47. The maximum Gasteiger partial charge on any atom is 0.332 e. The van der Waals surface area contributed by atoms with Gasteiger partial charge in [-0.1, -0.05) is 12.1 Å². The molecule has 1 aliphatic rings. The zero-order valence-electron chi connectivity index (χ0n) is 9.96. The van der Waals surface area contributed by atoms with Gasteiger partial charge in [0.25, 0.3) is 0 Å². The third-order valence-corrected chi connectivity index (χ3v) is 2.74. The van der Waals surface area contributed by atoms with E-state index in [1.165, 1.54) is 18.2 Å². The lowest BCUT2D eigenvalue weighted by molar-refractivity contribution is -0.132. The van der Waals surface area contributed by atoms with Gasteiger partial charge in [0.15, 0.2) is 5.78 Å². The van der Waals surface area contributed by atoms with Gasteiger partial charge in [-0.3, -0.25) is 4.79 Å². The first-order valence-electron chi connectivity index (χ1n) is 5.56. The number of nitrogens with two attached hydrogens (primary N) is 1. The van der Waals surface area contributed by atoms with E-state index in [1.54, 1.807) is 6.07 Å². The van der Waals surface area contributed by atoms with E-state index in [1.807, 2.05) is 0 Å². The van der Waals surface area contributed by atoms with Crippen molar-refractivity contribution in [3.63, 3.8) is 0 Å². The molecule has 19 heavy (non-hydrogen) atoms. The average molecular weight is 260 g/mol. The highest BCUT2D eigenvalue weighted by atomic mass is 16.4. The van der Waals surface area contributed by atoms with Crippen molar-refractivity contribution in [1.29, 1.82) is 0 Å². The van der Waals surface area contributed by atoms with Crippen LogP contribution in [0.3, 0.4) is 0 Å². The fraction of sp³-hybridized carbons (Fsp3) is 0.154. The van der Waals surface area contributed by atoms with E-state index >= 15 is 0 Å². The molecule has 0 aliphatic carbocycles. The molecule has 0 atom stereocenters. The number of hydrogen-bond acceptors (Lipinski definition) is 5. The average Bonchev–Trinajstić information content (AvgIpc) is 2.54. The molecule has 1 aromatic rings. The Bertz CT molecular complexity index is 617. The molecule has 0 radical (unpaired) electrons. The van der Waals surface area contributed by atoms with E-state index in [-0.39, 0.29) is 17.8 Å². The van der Waals surface area contributed by atoms with Crippen LogP contribution in [0, 0.1) is 0 Å². The van der Waals surface area contributed by atoms with Crippen molar-refractivity contribution in [2.75, 3.05) is 6.61 Å². The van der Waals surface area contributed by atoms with Gasteiger partial charge < -0.3 is 15.9 Å². The van der Waals surface area contributed by atoms with Gasteiger partial charge in [-0.25, -0.2) is 9.79 Å². The summed E-state index contributed by atoms with van der Waals surface area (Å²) in [5, 5.41) is 17.8. The minimum Gasteiger partial charge on any atom is -0.478 e. The fourth-order valence-electron chi connectivity index (χ4n) is 1.79. The molecule has 0 aromatic heterocycles. The summed E-state index contributed by atoms with van der Waals surface area (Å²) in [5.41, 5.74) is 7.10. The topological polar surface area (TPSA) is 113 Å². The SMILES string of the molecule is NC1=Nc2cc(C(=O)CO)ccc2C=C(C(=O)O)C1. The van der Waals surface area contributed by atoms with Crippen LogP contribution in [0.5, 0.6) is 0 Å². The highest BCUT2D eigenvalue weighted by Crippen LogP contribution is 2.27. The van der Waals surface area contributed by atoms with E-state index in [4.69, 9.17) is 15.9 Å². The molecule has 1 heterocycles. The second kappa shape index (κ2) is 5.03. The summed E-state index contributed by atoms with van der Waals surface area (Å²) < 4.78 is 0. The van der Waals surface area contributed by atoms with Crippen LogP contribution < -0.4 is 5.73 Å². The molecule has 1 aromatic carbocycles. The maximum atomic E-state index is 11.4. The molecule has 4 N–H and O–H groups in total. The normalized spacial score (nSPS) is 13.9. The highest BCUT2D eigenvalue weighted by Gasteiger charge is 2.16.